The lowest BCUT2D eigenvalue weighted by molar-refractivity contribution is -0.156. The monoisotopic (exact) mass is 356 g/mol. The molecule has 1 saturated carbocycles. The topological polar surface area (TPSA) is 44.1 Å². The van der Waals surface area contributed by atoms with Crippen molar-refractivity contribution in [3.63, 3.8) is 0 Å². The van der Waals surface area contributed by atoms with Crippen molar-refractivity contribution in [1.29, 1.82) is 0 Å². The van der Waals surface area contributed by atoms with Gasteiger partial charge in [0.15, 0.2) is 0 Å². The Morgan fingerprint density at radius 2 is 2.12 bits per heavy atom. The van der Waals surface area contributed by atoms with E-state index in [1.165, 1.54) is 12.0 Å². The lowest BCUT2D eigenvalue weighted by atomic mass is 9.75. The second kappa shape index (κ2) is 7.81. The molecule has 1 aliphatic carbocycles. The van der Waals surface area contributed by atoms with Gasteiger partial charge in [-0.1, -0.05) is 40.2 Å². The third-order valence-corrected chi connectivity index (χ3v) is 5.83. The Labute approximate surface area is 156 Å². The molecule has 0 spiro atoms. The highest BCUT2D eigenvalue weighted by atomic mass is 16.5. The number of fused-ring (bicyclic) bond motifs is 1. The van der Waals surface area contributed by atoms with Gasteiger partial charge in [-0.25, -0.2) is 4.98 Å². The van der Waals surface area contributed by atoms with Gasteiger partial charge in [0, 0.05) is 6.42 Å². The van der Waals surface area contributed by atoms with Crippen LogP contribution in [0.2, 0.25) is 0 Å². The van der Waals surface area contributed by atoms with E-state index < -0.39 is 0 Å². The number of benzene rings is 1. The predicted octanol–water partition coefficient (Wildman–Crippen LogP) is 4.91. The number of aromatic nitrogens is 2. The standard InChI is InChI=1S/C22H32N2O2/c1-6-21-23-18-11-15(4)8-10-19(18)24(21)13-22(25)26-20-12-16(5)7-9-17(20)14(2)3/h8,10-11,14,16-17,20H,6-7,9,12-13H2,1-5H3/t16-,17+,20?/m1/s1. The zero-order valence-corrected chi connectivity index (χ0v) is 16.8. The molecule has 26 heavy (non-hydrogen) atoms. The summed E-state index contributed by atoms with van der Waals surface area (Å²) in [4.78, 5) is 17.5. The highest BCUT2D eigenvalue weighted by molar-refractivity contribution is 5.79. The fourth-order valence-corrected chi connectivity index (χ4v) is 4.32. The maximum Gasteiger partial charge on any atom is 0.326 e. The molecule has 0 N–H and O–H groups in total. The Morgan fingerprint density at radius 1 is 1.35 bits per heavy atom. The highest BCUT2D eigenvalue weighted by Gasteiger charge is 2.33. The van der Waals surface area contributed by atoms with E-state index in [2.05, 4.69) is 52.8 Å². The average Bonchev–Trinajstić information content (AvgIpc) is 2.91. The van der Waals surface area contributed by atoms with Gasteiger partial charge >= 0.3 is 5.97 Å². The minimum absolute atomic E-state index is 0.0494. The zero-order chi connectivity index (χ0) is 18.8. The molecule has 1 aromatic heterocycles. The summed E-state index contributed by atoms with van der Waals surface area (Å²) in [5.41, 5.74) is 3.16. The Hall–Kier alpha value is -1.84. The van der Waals surface area contributed by atoms with E-state index in [4.69, 9.17) is 9.72 Å². The van der Waals surface area contributed by atoms with Gasteiger partial charge in [-0.15, -0.1) is 0 Å². The van der Waals surface area contributed by atoms with Crippen LogP contribution in [0.15, 0.2) is 18.2 Å². The molecule has 142 valence electrons. The van der Waals surface area contributed by atoms with Gasteiger partial charge in [0.1, 0.15) is 18.5 Å². The molecule has 1 aliphatic rings. The van der Waals surface area contributed by atoms with Gasteiger partial charge in [0.25, 0.3) is 0 Å². The van der Waals surface area contributed by atoms with Crippen LogP contribution in [0.25, 0.3) is 11.0 Å². The van der Waals surface area contributed by atoms with Gasteiger partial charge in [-0.2, -0.15) is 0 Å². The minimum atomic E-state index is -0.135. The SMILES string of the molecule is CCc1nc2cc(C)ccc2n1CC(=O)OC1C[C@H](C)CC[C@H]1C(C)C. The van der Waals surface area contributed by atoms with Crippen LogP contribution in [0.3, 0.4) is 0 Å². The zero-order valence-electron chi connectivity index (χ0n) is 16.8. The summed E-state index contributed by atoms with van der Waals surface area (Å²) in [6.45, 7) is 11.1. The van der Waals surface area contributed by atoms with E-state index in [1.807, 2.05) is 4.57 Å². The Morgan fingerprint density at radius 3 is 2.81 bits per heavy atom. The van der Waals surface area contributed by atoms with Crippen LogP contribution in [-0.2, 0) is 22.5 Å². The summed E-state index contributed by atoms with van der Waals surface area (Å²) in [6, 6.07) is 6.21. The first-order valence-electron chi connectivity index (χ1n) is 10.0. The van der Waals surface area contributed by atoms with Crippen molar-refractivity contribution in [2.24, 2.45) is 17.8 Å². The van der Waals surface area contributed by atoms with Crippen LogP contribution in [-0.4, -0.2) is 21.6 Å². The normalized spacial score (nSPS) is 23.5. The Balaban J connectivity index is 1.78. The lowest BCUT2D eigenvalue weighted by Gasteiger charge is -2.36. The largest absolute Gasteiger partial charge is 0.461 e. The first kappa shape index (κ1) is 18.9. The van der Waals surface area contributed by atoms with E-state index in [0.29, 0.717) is 17.8 Å². The van der Waals surface area contributed by atoms with E-state index in [9.17, 15) is 4.79 Å². The second-order valence-electron chi connectivity index (χ2n) is 8.31. The molecule has 0 bridgehead atoms. The molecule has 1 heterocycles. The molecule has 0 aliphatic heterocycles. The van der Waals surface area contributed by atoms with Crippen molar-refractivity contribution >= 4 is 17.0 Å². The van der Waals surface area contributed by atoms with E-state index in [1.54, 1.807) is 0 Å². The van der Waals surface area contributed by atoms with E-state index >= 15 is 0 Å². The first-order valence-corrected chi connectivity index (χ1v) is 10.0. The van der Waals surface area contributed by atoms with Crippen LogP contribution < -0.4 is 0 Å². The summed E-state index contributed by atoms with van der Waals surface area (Å²) in [6.07, 6.45) is 4.23. The van der Waals surface area contributed by atoms with E-state index in [0.717, 1.165) is 36.1 Å². The van der Waals surface area contributed by atoms with Crippen LogP contribution in [0.4, 0.5) is 0 Å². The molecule has 4 nitrogen and oxygen atoms in total. The Bertz CT molecular complexity index is 778. The van der Waals surface area contributed by atoms with Crippen molar-refractivity contribution in [3.8, 4) is 0 Å². The first-order chi connectivity index (χ1) is 12.4. The highest BCUT2D eigenvalue weighted by Crippen LogP contribution is 2.35. The molecular weight excluding hydrogens is 324 g/mol. The number of aryl methyl sites for hydroxylation is 2. The number of imidazole rings is 1. The molecule has 1 aromatic carbocycles. The third kappa shape index (κ3) is 3.94. The second-order valence-corrected chi connectivity index (χ2v) is 8.31. The van der Waals surface area contributed by atoms with Gasteiger partial charge in [0.05, 0.1) is 11.0 Å². The van der Waals surface area contributed by atoms with E-state index in [-0.39, 0.29) is 18.6 Å². The third-order valence-electron chi connectivity index (χ3n) is 5.83. The van der Waals surface area contributed by atoms with Crippen molar-refractivity contribution in [1.82, 2.24) is 9.55 Å². The summed E-state index contributed by atoms with van der Waals surface area (Å²) in [5.74, 6) is 2.46. The molecule has 3 atom stereocenters. The van der Waals surface area contributed by atoms with Gasteiger partial charge < -0.3 is 9.30 Å². The van der Waals surface area contributed by atoms with Crippen molar-refractivity contribution in [2.45, 2.75) is 73.0 Å². The average molecular weight is 357 g/mol. The number of carbonyl (C=O) groups is 1. The summed E-state index contributed by atoms with van der Waals surface area (Å²) in [5, 5.41) is 0. The molecular formula is C22H32N2O2. The summed E-state index contributed by atoms with van der Waals surface area (Å²) in [7, 11) is 0. The quantitative estimate of drug-likeness (QED) is 0.715. The fraction of sp³-hybridized carbons (Fsp3) is 0.636. The van der Waals surface area contributed by atoms with Crippen molar-refractivity contribution in [2.75, 3.05) is 0 Å². The summed E-state index contributed by atoms with van der Waals surface area (Å²) >= 11 is 0. The number of esters is 1. The maximum absolute atomic E-state index is 12.8. The van der Waals surface area contributed by atoms with Gasteiger partial charge in [-0.3, -0.25) is 4.79 Å². The van der Waals surface area contributed by atoms with Crippen LogP contribution >= 0.6 is 0 Å². The van der Waals surface area contributed by atoms with Crippen LogP contribution in [0.5, 0.6) is 0 Å². The number of ether oxygens (including phenoxy) is 1. The molecule has 3 rings (SSSR count). The molecule has 0 amide bonds. The molecule has 2 aromatic rings. The molecule has 4 heteroatoms. The molecule has 1 unspecified atom stereocenters. The number of rotatable bonds is 5. The number of carbonyl (C=O) groups excluding carboxylic acids is 1. The number of nitrogens with zero attached hydrogens (tertiary/aromatic N) is 2. The van der Waals surface area contributed by atoms with Crippen molar-refractivity contribution in [3.05, 3.63) is 29.6 Å². The minimum Gasteiger partial charge on any atom is -0.461 e. The molecule has 0 saturated heterocycles. The lowest BCUT2D eigenvalue weighted by Crippen LogP contribution is -2.36. The number of hydrogen-bond donors (Lipinski definition) is 0. The number of hydrogen-bond acceptors (Lipinski definition) is 3. The smallest absolute Gasteiger partial charge is 0.326 e. The van der Waals surface area contributed by atoms with Crippen LogP contribution in [0.1, 0.15) is 58.3 Å². The van der Waals surface area contributed by atoms with Crippen LogP contribution in [0, 0.1) is 24.7 Å². The summed E-state index contributed by atoms with van der Waals surface area (Å²) < 4.78 is 8.02. The van der Waals surface area contributed by atoms with Gasteiger partial charge in [0.2, 0.25) is 0 Å². The van der Waals surface area contributed by atoms with Crippen molar-refractivity contribution < 1.29 is 9.53 Å². The molecule has 1 fully saturated rings. The van der Waals surface area contributed by atoms with Gasteiger partial charge in [-0.05, 0) is 55.2 Å². The molecule has 0 radical (unpaired) electrons. The predicted molar refractivity (Wildman–Crippen MR) is 105 cm³/mol. The maximum atomic E-state index is 12.8. The Kier molecular flexibility index (Phi) is 5.69. The fourth-order valence-electron chi connectivity index (χ4n) is 4.32.